The van der Waals surface area contributed by atoms with Crippen LogP contribution in [-0.4, -0.2) is 61.8 Å². The van der Waals surface area contributed by atoms with Crippen LogP contribution in [0.4, 0.5) is 0 Å². The van der Waals surface area contributed by atoms with Gasteiger partial charge >= 0.3 is 135 Å². The summed E-state index contributed by atoms with van der Waals surface area (Å²) in [6, 6.07) is 0. The van der Waals surface area contributed by atoms with E-state index >= 15 is 0 Å². The fraction of sp³-hybridized carbons (Fsp3) is 1.00. The van der Waals surface area contributed by atoms with Gasteiger partial charge in [-0.3, -0.25) is 0 Å². The Bertz CT molecular complexity index is 329. The van der Waals surface area contributed by atoms with Crippen molar-refractivity contribution in [2.45, 2.75) is 20.0 Å². The first-order valence-corrected chi connectivity index (χ1v) is 12.0. The van der Waals surface area contributed by atoms with Crippen LogP contribution in [0.3, 0.4) is 0 Å². The molecule has 0 bridgehead atoms. The summed E-state index contributed by atoms with van der Waals surface area (Å²) in [6.07, 6.45) is -0.219. The van der Waals surface area contributed by atoms with E-state index in [0.29, 0.717) is 39.3 Å². The van der Waals surface area contributed by atoms with Crippen molar-refractivity contribution >= 4 is 0 Å². The van der Waals surface area contributed by atoms with Crippen LogP contribution < -0.4 is 33.2 Å². The molecule has 0 aliphatic heterocycles. The van der Waals surface area contributed by atoms with E-state index in [-0.39, 0.29) is 22.5 Å². The number of rotatable bonds is 15. The van der Waals surface area contributed by atoms with Gasteiger partial charge in [-0.15, -0.1) is 0 Å². The summed E-state index contributed by atoms with van der Waals surface area (Å²) < 4.78 is 25.3. The van der Waals surface area contributed by atoms with Gasteiger partial charge in [-0.1, -0.05) is 0 Å². The van der Waals surface area contributed by atoms with Crippen molar-refractivity contribution in [3.63, 3.8) is 0 Å². The van der Waals surface area contributed by atoms with E-state index < -0.39 is 16.1 Å². The Hall–Kier alpha value is 0.194. The molecule has 0 aliphatic rings. The van der Waals surface area contributed by atoms with Crippen molar-refractivity contribution in [1.82, 2.24) is 16.0 Å². The molecule has 0 atom stereocenters. The molecule has 0 unspecified atom stereocenters. The average molecular weight is 358 g/mol. The standard InChI is InChI=1S/C3H9N2O.2C3H9N2.C3H7O.O.Ti/c4-1-2-5-3-6;2*1-5-3-2-4;1-3(2)4;;/h5H,1-4H2;2*5H,1-4H2;3H,1-2H3;;/q-1;;;-1;;+2. The minimum atomic E-state index is -4.95. The predicted octanol–water partition coefficient (Wildman–Crippen LogP) is -2.19. The molecule has 0 amide bonds. The molecular weight excluding hydrogens is 324 g/mol. The average Bonchev–Trinajstić information content (AvgIpc) is 2.44. The van der Waals surface area contributed by atoms with E-state index in [9.17, 15) is 3.32 Å². The molecule has 9 N–H and O–H groups in total. The summed E-state index contributed by atoms with van der Waals surface area (Å²) >= 11 is -4.95. The Labute approximate surface area is 135 Å². The third-order valence-electron chi connectivity index (χ3n) is 2.89. The molecule has 9 nitrogen and oxygen atoms in total. The summed E-state index contributed by atoms with van der Waals surface area (Å²) in [5.41, 5.74) is 16.4. The molecule has 134 valence electrons. The van der Waals surface area contributed by atoms with Gasteiger partial charge in [0.15, 0.2) is 0 Å². The number of hydrogen-bond acceptors (Lipinski definition) is 9. The van der Waals surface area contributed by atoms with E-state index in [4.69, 9.17) is 23.8 Å². The minimum absolute atomic E-state index is 0.124. The van der Waals surface area contributed by atoms with E-state index in [2.05, 4.69) is 16.0 Å². The van der Waals surface area contributed by atoms with Gasteiger partial charge in [0, 0.05) is 0 Å². The van der Waals surface area contributed by atoms with E-state index in [0.717, 1.165) is 0 Å². The van der Waals surface area contributed by atoms with Gasteiger partial charge in [-0.25, -0.2) is 0 Å². The fourth-order valence-electron chi connectivity index (χ4n) is 2.06. The molecule has 0 aromatic carbocycles. The molecule has 0 rings (SSSR count). The molecule has 22 heavy (non-hydrogen) atoms. The number of hydrogen-bond donors (Lipinski definition) is 6. The summed E-state index contributed by atoms with van der Waals surface area (Å²) in [6.45, 7) is 6.84. The first-order chi connectivity index (χ1) is 10.4. The van der Waals surface area contributed by atoms with Crippen LogP contribution in [0.1, 0.15) is 13.8 Å². The third-order valence-corrected chi connectivity index (χ3v) is 8.59. The molecule has 0 spiro atoms. The topological polar surface area (TPSA) is 150 Å². The van der Waals surface area contributed by atoms with E-state index in [1.165, 1.54) is 0 Å². The Morgan fingerprint density at radius 3 is 1.77 bits per heavy atom. The van der Waals surface area contributed by atoms with Crippen molar-refractivity contribution in [3.8, 4) is 0 Å². The van der Waals surface area contributed by atoms with Gasteiger partial charge in [0.1, 0.15) is 0 Å². The van der Waals surface area contributed by atoms with Crippen LogP contribution in [0.2, 0.25) is 0 Å². The first-order valence-electron chi connectivity index (χ1n) is 7.84. The molecule has 0 aromatic heterocycles. The van der Waals surface area contributed by atoms with Crippen molar-refractivity contribution < 1.29 is 26.0 Å². The molecule has 0 fully saturated rings. The zero-order valence-electron chi connectivity index (χ0n) is 13.9. The van der Waals surface area contributed by atoms with Gasteiger partial charge in [0.05, 0.1) is 0 Å². The summed E-state index contributed by atoms with van der Waals surface area (Å²) in [7, 11) is 0. The van der Waals surface area contributed by atoms with Crippen LogP contribution in [0.25, 0.3) is 0 Å². The zero-order valence-corrected chi connectivity index (χ0v) is 15.5. The van der Waals surface area contributed by atoms with Gasteiger partial charge in [0.2, 0.25) is 0 Å². The number of nitrogens with one attached hydrogen (secondary N) is 3. The van der Waals surface area contributed by atoms with Crippen LogP contribution in [0, 0.1) is 0 Å². The van der Waals surface area contributed by atoms with Crippen molar-refractivity contribution in [2.75, 3.05) is 55.7 Å². The van der Waals surface area contributed by atoms with Crippen molar-refractivity contribution in [3.05, 3.63) is 0 Å². The van der Waals surface area contributed by atoms with E-state index in [1.54, 1.807) is 0 Å². The normalized spacial score (nSPS) is 13.0. The maximum absolute atomic E-state index is 13.7. The van der Waals surface area contributed by atoms with Crippen molar-refractivity contribution in [2.24, 2.45) is 17.2 Å². The first kappa shape index (κ1) is 22.2. The van der Waals surface area contributed by atoms with Crippen LogP contribution >= 0.6 is 0 Å². The van der Waals surface area contributed by atoms with Gasteiger partial charge in [0.25, 0.3) is 0 Å². The Kier molecular flexibility index (Phi) is 11.8. The van der Waals surface area contributed by atoms with Crippen LogP contribution in [0.15, 0.2) is 0 Å². The van der Waals surface area contributed by atoms with Crippen LogP contribution in [0.5, 0.6) is 0 Å². The fourth-order valence-corrected chi connectivity index (χ4v) is 7.30. The molecule has 10 heteroatoms. The zero-order chi connectivity index (χ0) is 16.9. The summed E-state index contributed by atoms with van der Waals surface area (Å²) in [5.74, 6) is 0. The molecule has 0 aliphatic carbocycles. The molecule has 0 aromatic rings. The SMILES string of the molecule is CC(C)[O][Ti](=[O])([CH2]NCCN)([CH2]NCCN)[O]CNCCN. The third kappa shape index (κ3) is 9.36. The second kappa shape index (κ2) is 11.7. The van der Waals surface area contributed by atoms with Crippen molar-refractivity contribution in [1.29, 1.82) is 0 Å². The van der Waals surface area contributed by atoms with E-state index in [1.807, 2.05) is 13.8 Å². The van der Waals surface area contributed by atoms with Gasteiger partial charge in [-0.2, -0.15) is 0 Å². The summed E-state index contributed by atoms with van der Waals surface area (Å²) in [5, 5.41) is 9.11. The second-order valence-corrected chi connectivity index (χ2v) is 11.7. The van der Waals surface area contributed by atoms with Crippen LogP contribution in [-0.2, 0) is 26.0 Å². The Morgan fingerprint density at radius 2 is 1.36 bits per heavy atom. The molecule has 0 heterocycles. The molecule has 0 saturated heterocycles. The summed E-state index contributed by atoms with van der Waals surface area (Å²) in [4.78, 5) is 0.295. The monoisotopic (exact) mass is 358 g/mol. The van der Waals surface area contributed by atoms with Gasteiger partial charge in [-0.05, 0) is 0 Å². The molecule has 0 saturated carbocycles. The number of nitrogens with two attached hydrogens (primary N) is 3. The Balaban J connectivity index is 4.98. The Morgan fingerprint density at radius 1 is 0.909 bits per heavy atom. The van der Waals surface area contributed by atoms with Gasteiger partial charge < -0.3 is 0 Å². The molecular formula is C12H34N6O3Ti. The predicted molar refractivity (Wildman–Crippen MR) is 83.8 cm³/mol. The maximum atomic E-state index is 13.7. The second-order valence-electron chi connectivity index (χ2n) is 5.54. The molecule has 0 radical (unpaired) electrons. The quantitative estimate of drug-likeness (QED) is 0.109.